The molecule has 132 valence electrons. The van der Waals surface area contributed by atoms with Gasteiger partial charge in [0.2, 0.25) is 0 Å². The molecular weight excluding hydrogens is 401 g/mol. The minimum absolute atomic E-state index is 0. The number of aliphatic imine (C=N–C) groups is 1. The van der Waals surface area contributed by atoms with Crippen LogP contribution >= 0.6 is 24.0 Å². The lowest BCUT2D eigenvalue weighted by Crippen LogP contribution is -2.45. The Labute approximate surface area is 157 Å². The predicted octanol–water partition coefficient (Wildman–Crippen LogP) is 2.57. The second-order valence-corrected chi connectivity index (χ2v) is 6.13. The van der Waals surface area contributed by atoms with E-state index < -0.39 is 0 Å². The van der Waals surface area contributed by atoms with Crippen molar-refractivity contribution < 1.29 is 0 Å². The highest BCUT2D eigenvalue weighted by molar-refractivity contribution is 14.0. The normalized spacial score (nSPS) is 19.3. The molecule has 1 unspecified atom stereocenters. The van der Waals surface area contributed by atoms with Crippen molar-refractivity contribution in [1.29, 1.82) is 0 Å². The zero-order valence-corrected chi connectivity index (χ0v) is 17.0. The highest BCUT2D eigenvalue weighted by atomic mass is 127. The van der Waals surface area contributed by atoms with Crippen LogP contribution in [-0.4, -0.2) is 48.2 Å². The molecule has 1 fully saturated rings. The fourth-order valence-corrected chi connectivity index (χ4v) is 3.21. The van der Waals surface area contributed by atoms with Crippen molar-refractivity contribution >= 4 is 29.9 Å². The largest absolute Gasteiger partial charge is 0.357 e. The van der Waals surface area contributed by atoms with Crippen LogP contribution in [0, 0.1) is 0 Å². The summed E-state index contributed by atoms with van der Waals surface area (Å²) in [5.74, 6) is 0.883. The molecular formula is C17H32IN5. The monoisotopic (exact) mass is 433 g/mol. The number of piperidine rings is 1. The van der Waals surface area contributed by atoms with Crippen LogP contribution in [0.1, 0.15) is 38.2 Å². The van der Waals surface area contributed by atoms with E-state index in [2.05, 4.69) is 50.5 Å². The molecule has 2 rings (SSSR count). The number of guanidine groups is 1. The van der Waals surface area contributed by atoms with Crippen LogP contribution in [0.2, 0.25) is 0 Å². The maximum Gasteiger partial charge on any atom is 0.191 e. The first-order valence-electron chi connectivity index (χ1n) is 8.52. The summed E-state index contributed by atoms with van der Waals surface area (Å²) in [6, 6.07) is 2.90. The van der Waals surface area contributed by atoms with Gasteiger partial charge in [0.15, 0.2) is 5.96 Å². The maximum atomic E-state index is 4.30. The number of nitrogens with zero attached hydrogens (tertiary/aromatic N) is 3. The van der Waals surface area contributed by atoms with Gasteiger partial charge in [0.25, 0.3) is 0 Å². The molecule has 0 aromatic carbocycles. The van der Waals surface area contributed by atoms with E-state index in [1.165, 1.54) is 37.8 Å². The number of likely N-dealkylation sites (tertiary alicyclic amines) is 1. The zero-order valence-electron chi connectivity index (χ0n) is 14.7. The van der Waals surface area contributed by atoms with Crippen molar-refractivity contribution in [1.82, 2.24) is 20.1 Å². The number of hydrogen-bond acceptors (Lipinski definition) is 2. The highest BCUT2D eigenvalue weighted by Crippen LogP contribution is 2.18. The van der Waals surface area contributed by atoms with Crippen molar-refractivity contribution in [2.24, 2.45) is 12.0 Å². The van der Waals surface area contributed by atoms with Gasteiger partial charge in [-0.3, -0.25) is 9.89 Å². The summed E-state index contributed by atoms with van der Waals surface area (Å²) >= 11 is 0. The number of hydrogen-bond donors (Lipinski definition) is 2. The second kappa shape index (κ2) is 10.9. The van der Waals surface area contributed by atoms with Crippen molar-refractivity contribution in [3.8, 4) is 0 Å². The summed E-state index contributed by atoms with van der Waals surface area (Å²) in [5, 5.41) is 6.80. The van der Waals surface area contributed by atoms with Gasteiger partial charge in [-0.05, 0) is 37.4 Å². The lowest BCUT2D eigenvalue weighted by Gasteiger charge is -2.35. The fourth-order valence-electron chi connectivity index (χ4n) is 3.21. The molecule has 1 aliphatic rings. The molecule has 0 saturated carbocycles. The van der Waals surface area contributed by atoms with Crippen LogP contribution in [0.3, 0.4) is 0 Å². The first kappa shape index (κ1) is 20.3. The van der Waals surface area contributed by atoms with Crippen molar-refractivity contribution in [2.75, 3.05) is 26.7 Å². The van der Waals surface area contributed by atoms with Gasteiger partial charge in [-0.2, -0.15) is 0 Å². The Morgan fingerprint density at radius 3 is 2.83 bits per heavy atom. The van der Waals surface area contributed by atoms with E-state index in [9.17, 15) is 0 Å². The van der Waals surface area contributed by atoms with E-state index in [4.69, 9.17) is 0 Å². The Kier molecular flexibility index (Phi) is 9.62. The minimum atomic E-state index is 0. The molecule has 6 heteroatoms. The Hall–Kier alpha value is -0.760. The molecule has 0 spiro atoms. The second-order valence-electron chi connectivity index (χ2n) is 6.13. The molecule has 1 saturated heterocycles. The number of aryl methyl sites for hydroxylation is 1. The predicted molar refractivity (Wildman–Crippen MR) is 109 cm³/mol. The highest BCUT2D eigenvalue weighted by Gasteiger charge is 2.19. The van der Waals surface area contributed by atoms with Crippen LogP contribution in [0.5, 0.6) is 0 Å². The number of nitrogens with one attached hydrogen (secondary N) is 2. The summed E-state index contributed by atoms with van der Waals surface area (Å²) in [7, 11) is 3.87. The zero-order chi connectivity index (χ0) is 15.8. The molecule has 2 heterocycles. The van der Waals surface area contributed by atoms with Gasteiger partial charge in [-0.15, -0.1) is 24.0 Å². The topological polar surface area (TPSA) is 44.6 Å². The Bertz CT molecular complexity index is 471. The lowest BCUT2D eigenvalue weighted by molar-refractivity contribution is 0.147. The molecule has 0 amide bonds. The first-order chi connectivity index (χ1) is 10.7. The smallest absolute Gasteiger partial charge is 0.191 e. The maximum absolute atomic E-state index is 4.30. The molecule has 1 aliphatic heterocycles. The third-order valence-electron chi connectivity index (χ3n) is 4.49. The summed E-state index contributed by atoms with van der Waals surface area (Å²) in [6.07, 6.45) is 9.55. The molecule has 5 nitrogen and oxygen atoms in total. The van der Waals surface area contributed by atoms with Gasteiger partial charge < -0.3 is 15.2 Å². The van der Waals surface area contributed by atoms with Crippen molar-refractivity contribution in [2.45, 2.75) is 45.2 Å². The van der Waals surface area contributed by atoms with Gasteiger partial charge in [-0.25, -0.2) is 0 Å². The molecule has 23 heavy (non-hydrogen) atoms. The Balaban J connectivity index is 0.00000264. The molecule has 1 atom stereocenters. The summed E-state index contributed by atoms with van der Waals surface area (Å²) in [5.41, 5.74) is 1.27. The summed E-state index contributed by atoms with van der Waals surface area (Å²) in [4.78, 5) is 6.93. The van der Waals surface area contributed by atoms with Gasteiger partial charge >= 0.3 is 0 Å². The molecule has 0 aliphatic carbocycles. The van der Waals surface area contributed by atoms with Gasteiger partial charge in [0, 0.05) is 52.2 Å². The van der Waals surface area contributed by atoms with Gasteiger partial charge in [0.1, 0.15) is 0 Å². The molecule has 2 N–H and O–H groups in total. The summed E-state index contributed by atoms with van der Waals surface area (Å²) in [6.45, 7) is 6.41. The van der Waals surface area contributed by atoms with Crippen LogP contribution in [0.15, 0.2) is 23.5 Å². The fraction of sp³-hybridized carbons (Fsp3) is 0.706. The van der Waals surface area contributed by atoms with Crippen molar-refractivity contribution in [3.05, 3.63) is 24.0 Å². The molecule has 0 bridgehead atoms. The SMILES string of the molecule is CCC1CCCCN1CCNC(=NC)NCc1ccn(C)c1.I. The number of halogens is 1. The lowest BCUT2D eigenvalue weighted by atomic mass is 10.0. The standard InChI is InChI=1S/C17H31N5.HI/c1-4-16-7-5-6-10-22(16)12-9-19-17(18-2)20-13-15-8-11-21(3)14-15;/h8,11,14,16H,4-7,9-10,12-13H2,1-3H3,(H2,18,19,20);1H. The van der Waals surface area contributed by atoms with Crippen LogP contribution in [0.25, 0.3) is 0 Å². The number of aromatic nitrogens is 1. The van der Waals surface area contributed by atoms with Crippen LogP contribution < -0.4 is 10.6 Å². The van der Waals surface area contributed by atoms with Crippen LogP contribution in [-0.2, 0) is 13.6 Å². The van der Waals surface area contributed by atoms with Crippen LogP contribution in [0.4, 0.5) is 0 Å². The quantitative estimate of drug-likeness (QED) is 0.412. The molecule has 1 aromatic heterocycles. The van der Waals surface area contributed by atoms with E-state index in [1.54, 1.807) is 0 Å². The average molecular weight is 433 g/mol. The average Bonchev–Trinajstić information content (AvgIpc) is 2.96. The minimum Gasteiger partial charge on any atom is -0.357 e. The van der Waals surface area contributed by atoms with E-state index in [0.717, 1.165) is 31.6 Å². The summed E-state index contributed by atoms with van der Waals surface area (Å²) < 4.78 is 2.06. The van der Waals surface area contributed by atoms with Gasteiger partial charge in [0.05, 0.1) is 0 Å². The van der Waals surface area contributed by atoms with E-state index in [-0.39, 0.29) is 24.0 Å². The van der Waals surface area contributed by atoms with E-state index in [1.807, 2.05) is 14.1 Å². The van der Waals surface area contributed by atoms with E-state index >= 15 is 0 Å². The number of rotatable bonds is 6. The third-order valence-corrected chi connectivity index (χ3v) is 4.49. The first-order valence-corrected chi connectivity index (χ1v) is 8.52. The Morgan fingerprint density at radius 2 is 2.17 bits per heavy atom. The Morgan fingerprint density at radius 1 is 1.35 bits per heavy atom. The van der Waals surface area contributed by atoms with Gasteiger partial charge in [-0.1, -0.05) is 13.3 Å². The van der Waals surface area contributed by atoms with E-state index in [0.29, 0.717) is 0 Å². The third kappa shape index (κ3) is 6.71. The van der Waals surface area contributed by atoms with Crippen molar-refractivity contribution in [3.63, 3.8) is 0 Å². The molecule has 1 aromatic rings. The molecule has 0 radical (unpaired) electrons.